The SMILES string of the molecule is COc1ccc2nc3c(nc2c1)O[C@H]1CN(C(=O)[C@H](C(C)(C)C)CC(=O)O[C@@H]2CCC[C@H]2CCCCC3)[C@H]([C-]=O)[C@@H]1C(F)(F)F.COc1ccc2nc3c(nc2c1)O[C@H]1CN(C(=O)[C@H](C(C)(C)C)CC(=O)O[C@@H]2[C@H]4CC[C@H](C4)[C@H]2CCCCC3)[C@H]([C-]=O)[C@@H]1C(F)(F)F.COc1ccc2nc3c(nc2c1)O[C@H]1CN(C(=O)[C@H](C(C)(C)C)CC(=O)O[C@]2(C)CCC[C@H]2CCCCC3)[C@H]([C-]=O)[C@@H]1C(F)(F)F.[V].[V].[V]. The summed E-state index contributed by atoms with van der Waals surface area (Å²) < 4.78 is 184. The molecule has 6 aromatic rings. The molecule has 0 spiro atoms. The van der Waals surface area contributed by atoms with Gasteiger partial charge in [-0.1, -0.05) is 101 Å². The van der Waals surface area contributed by atoms with Crippen molar-refractivity contribution >= 4 is 87.6 Å². The van der Waals surface area contributed by atoms with Crippen LogP contribution in [-0.4, -0.2) is 213 Å². The third kappa shape index (κ3) is 25.9. The average molecular weight is 2090 g/mol. The van der Waals surface area contributed by atoms with Gasteiger partial charge < -0.3 is 71.7 Å². The number of halogens is 9. The third-order valence-corrected chi connectivity index (χ3v) is 30.3. The largest absolute Gasteiger partial charge is 0.540 e. The molecule has 3 amide bonds. The van der Waals surface area contributed by atoms with Crippen LogP contribution in [0.1, 0.15) is 240 Å². The molecule has 0 N–H and O–H groups in total. The van der Waals surface area contributed by atoms with Crippen LogP contribution in [0.25, 0.3) is 33.1 Å². The zero-order chi connectivity index (χ0) is 99.6. The number of fused-ring (bicyclic) bond motifs is 19. The molecule has 6 aliphatic heterocycles. The Hall–Kier alpha value is -8.57. The first-order valence-corrected chi connectivity index (χ1v) is 48.6. The number of benzene rings is 3. The summed E-state index contributed by atoms with van der Waals surface area (Å²) in [4.78, 5) is 150. The summed E-state index contributed by atoms with van der Waals surface area (Å²) in [5.74, 6) is -11.4. The fraction of sp³-hybridized carbons (Fsp3) is 0.676. The maximum atomic E-state index is 14.7. The number of ether oxygens (including phenoxy) is 9. The fourth-order valence-corrected chi connectivity index (χ4v) is 22.7. The second kappa shape index (κ2) is 46.4. The standard InChI is InChI=1S/C35H43F3N3O6.C34H43F3N3O6.C33H41F3N3O6.3V/c1-34(2,3)23-16-29(43)47-31-20-11-10-19(14-20)22(31)8-6-5-7-9-25-32(40-26-15-21(45-4)12-13-24(26)39-25)46-28-17-41(33(23)44)27(18-42)30(28)35(36,37)38;1-32(2,3)22-17-28(42)46-33(4)15-9-11-20(33)10-7-6-8-12-24-30(39-25-16-21(44-5)13-14-23(25)38-24)45-27-18-40(31(22)43)26(19-41)29(27)34(35,36)37;1-32(2,3)21-16-28(41)44-26-12-8-10-19(26)9-6-5-7-11-23-30(38-24-15-20(43-4)13-14-22(24)37-23)45-27-17-39(31(21)42)25(18-40)29(27)33(34,35)36;;;/h12-13,15,19-20,22-23,27-28,30-31H,5-11,14,16-17H2,1-4H3;13-14,16,20,22,26-27,29H,6-12,15,17-18H2,1-5H3;13-15,19,21,25-27,29H,5-12,16-17H2,1-4H3;;;/q3*-1;;;/t19-,20+,22-,23-,27-,28+,30+,31-;20-,22-,26-,27+,29+,33-;19-,21-,25-,26-,27+,29+;;;/m111.../s1. The smallest absolute Gasteiger partial charge is 0.395 e. The molecule has 9 heterocycles. The normalized spacial score (nSPS) is 29.7. The number of alkyl halides is 9. The van der Waals surface area contributed by atoms with Crippen LogP contribution in [0.4, 0.5) is 39.5 Å². The van der Waals surface area contributed by atoms with Gasteiger partial charge in [0.15, 0.2) is 0 Å². The van der Waals surface area contributed by atoms with Crippen LogP contribution in [0.2, 0.25) is 0 Å². The number of aromatic nitrogens is 6. The van der Waals surface area contributed by atoms with E-state index in [4.69, 9.17) is 57.6 Å². The van der Waals surface area contributed by atoms with Crippen LogP contribution in [0, 0.1) is 81.3 Å². The molecule has 3 aromatic carbocycles. The molecule has 0 unspecified atom stereocenters. The van der Waals surface area contributed by atoms with Crippen LogP contribution in [0.15, 0.2) is 54.6 Å². The minimum atomic E-state index is -4.91. The number of carbonyl (C=O) groups excluding carboxylic acids is 9. The van der Waals surface area contributed by atoms with E-state index >= 15 is 0 Å². The summed E-state index contributed by atoms with van der Waals surface area (Å²) in [6, 6.07) is 9.39. The van der Waals surface area contributed by atoms with Crippen molar-refractivity contribution in [2.75, 3.05) is 41.0 Å². The Morgan fingerprint density at radius 3 is 1.09 bits per heavy atom. The molecule has 3 saturated heterocycles. The van der Waals surface area contributed by atoms with Gasteiger partial charge in [0, 0.05) is 73.9 Å². The Kier molecular flexibility index (Phi) is 37.1. The van der Waals surface area contributed by atoms with Gasteiger partial charge in [-0.15, -0.1) is 0 Å². The predicted octanol–water partition coefficient (Wildman–Crippen LogP) is 17.9. The van der Waals surface area contributed by atoms with E-state index in [2.05, 4.69) is 15.0 Å². The van der Waals surface area contributed by atoms with E-state index in [0.717, 1.165) is 124 Å². The van der Waals surface area contributed by atoms with Crippen molar-refractivity contribution in [3.05, 3.63) is 71.7 Å². The molecule has 39 heteroatoms. The molecule has 20 atom stereocenters. The van der Waals surface area contributed by atoms with Crippen molar-refractivity contribution in [3.8, 4) is 34.9 Å². The van der Waals surface area contributed by atoms with Crippen LogP contribution in [0.3, 0.4) is 0 Å². The minimum Gasteiger partial charge on any atom is -0.540 e. The molecule has 4 aliphatic carbocycles. The zero-order valence-electron chi connectivity index (χ0n) is 82.0. The number of aryl methyl sites for hydroxylation is 3. The number of methoxy groups -OCH3 is 3. The van der Waals surface area contributed by atoms with Crippen LogP contribution < -0.4 is 28.4 Å². The Labute approximate surface area is 852 Å². The number of rotatable bonds is 6. The fourth-order valence-electron chi connectivity index (χ4n) is 22.7. The third-order valence-electron chi connectivity index (χ3n) is 30.3. The molecule has 10 aliphatic rings. The van der Waals surface area contributed by atoms with Crippen molar-refractivity contribution in [2.45, 2.75) is 315 Å². The van der Waals surface area contributed by atoms with Crippen LogP contribution >= 0.6 is 0 Å². The van der Waals surface area contributed by atoms with Gasteiger partial charge in [0.05, 0.1) is 129 Å². The van der Waals surface area contributed by atoms with Crippen molar-refractivity contribution in [1.82, 2.24) is 44.6 Å². The second-order valence-electron chi connectivity index (χ2n) is 42.5. The van der Waals surface area contributed by atoms with Gasteiger partial charge in [-0.2, -0.15) is 39.5 Å². The second-order valence-corrected chi connectivity index (χ2v) is 42.5. The van der Waals surface area contributed by atoms with E-state index in [9.17, 15) is 82.7 Å². The molecule has 769 valence electrons. The van der Waals surface area contributed by atoms with Gasteiger partial charge in [-0.05, 0) is 223 Å². The Bertz CT molecular complexity index is 5430. The minimum absolute atomic E-state index is 0. The molecule has 8 bridgehead atoms. The number of carbonyl (C=O) groups is 6. The summed E-state index contributed by atoms with van der Waals surface area (Å²) in [7, 11) is 4.48. The van der Waals surface area contributed by atoms with E-state index in [1.54, 1.807) is 117 Å². The van der Waals surface area contributed by atoms with Crippen molar-refractivity contribution in [3.63, 3.8) is 0 Å². The monoisotopic (exact) mass is 2090 g/mol. The van der Waals surface area contributed by atoms with Gasteiger partial charge in [-0.3, -0.25) is 28.8 Å². The Morgan fingerprint density at radius 1 is 0.376 bits per heavy atom. The molecule has 3 radical (unpaired) electrons. The molecular formula is C102H127F9N9O18V3-3. The maximum Gasteiger partial charge on any atom is 0.395 e. The topological polar surface area (TPSA) is 324 Å². The van der Waals surface area contributed by atoms with Gasteiger partial charge in [0.2, 0.25) is 35.4 Å². The van der Waals surface area contributed by atoms with Crippen molar-refractivity contribution in [2.24, 2.45) is 81.3 Å². The Balaban J connectivity index is 0.000000200. The van der Waals surface area contributed by atoms with Gasteiger partial charge in [-0.25, -0.2) is 48.8 Å². The van der Waals surface area contributed by atoms with Crippen LogP contribution in [0.5, 0.6) is 34.9 Å². The number of hydrogen-bond acceptors (Lipinski definition) is 24. The van der Waals surface area contributed by atoms with Crippen molar-refractivity contribution < 1.29 is 181 Å². The van der Waals surface area contributed by atoms with E-state index in [0.29, 0.717) is 118 Å². The van der Waals surface area contributed by atoms with E-state index < -0.39 is 168 Å². The number of nitrogens with zero attached hydrogens (tertiary/aromatic N) is 9. The summed E-state index contributed by atoms with van der Waals surface area (Å²) in [5.41, 5.74) is 0.842. The number of esters is 3. The van der Waals surface area contributed by atoms with E-state index in [-0.39, 0.29) is 128 Å². The maximum absolute atomic E-state index is 14.7. The number of amides is 3. The predicted molar refractivity (Wildman–Crippen MR) is 486 cm³/mol. The molecule has 16 rings (SSSR count). The summed E-state index contributed by atoms with van der Waals surface area (Å²) in [6.07, 6.45) is 2.86. The van der Waals surface area contributed by atoms with Gasteiger partial charge in [0.25, 0.3) is 0 Å². The number of hydrogen-bond donors (Lipinski definition) is 0. The first-order valence-electron chi connectivity index (χ1n) is 48.6. The first kappa shape index (κ1) is 113. The van der Waals surface area contributed by atoms with Gasteiger partial charge >= 0.3 is 36.4 Å². The molecular weight excluding hydrogens is 1960 g/mol. The summed E-state index contributed by atoms with van der Waals surface area (Å²) in [6.45, 7) is 16.0. The molecule has 3 aromatic heterocycles. The molecule has 7 fully saturated rings. The molecule has 141 heavy (non-hydrogen) atoms. The van der Waals surface area contributed by atoms with Gasteiger partial charge in [0.1, 0.15) is 70.5 Å². The molecule has 4 saturated carbocycles. The summed E-state index contributed by atoms with van der Waals surface area (Å²) >= 11 is 0. The quantitative estimate of drug-likeness (QED) is 0.0647. The van der Waals surface area contributed by atoms with E-state index in [1.807, 2.05) is 6.92 Å². The average Bonchev–Trinajstić information content (AvgIpc) is 1.62. The van der Waals surface area contributed by atoms with E-state index in [1.165, 1.54) is 40.2 Å². The Morgan fingerprint density at radius 2 is 0.723 bits per heavy atom. The van der Waals surface area contributed by atoms with Crippen LogP contribution in [-0.2, 0) is 132 Å². The zero-order valence-corrected chi connectivity index (χ0v) is 86.2. The summed E-state index contributed by atoms with van der Waals surface area (Å²) in [5, 5.41) is 0. The van der Waals surface area contributed by atoms with Crippen molar-refractivity contribution in [1.29, 1.82) is 0 Å². The first-order chi connectivity index (χ1) is 65.2. The molecule has 27 nitrogen and oxygen atoms in total.